The Morgan fingerprint density at radius 3 is 2.25 bits per heavy atom. The minimum absolute atomic E-state index is 0.0164. The summed E-state index contributed by atoms with van der Waals surface area (Å²) in [7, 11) is 0. The molecule has 0 bridgehead atoms. The number of aliphatic hydroxyl groups is 2. The Balaban J connectivity index is 4.25. The second kappa shape index (κ2) is 6.05. The molecule has 16 heavy (non-hydrogen) atoms. The predicted octanol–water partition coefficient (Wildman–Crippen LogP) is 0.860. The Kier molecular flexibility index (Phi) is 5.74. The maximum absolute atomic E-state index is 12.1. The van der Waals surface area contributed by atoms with Crippen LogP contribution in [0, 0.1) is 5.92 Å². The first kappa shape index (κ1) is 15.2. The SMILES string of the molecule is CCOC(=O)[C@@H](O)[C@H](O)C[C@@H](C)C(F)(F)F. The van der Waals surface area contributed by atoms with Gasteiger partial charge in [0.15, 0.2) is 6.10 Å². The Labute approximate surface area is 91.0 Å². The molecule has 0 aliphatic carbocycles. The standard InChI is InChI=1S/C9H15F3O4/c1-3-16-8(15)7(14)6(13)4-5(2)9(10,11)12/h5-7,13-14H,3-4H2,1-2H3/t5-,6-,7+/m1/s1. The Bertz CT molecular complexity index is 229. The summed E-state index contributed by atoms with van der Waals surface area (Å²) in [5.41, 5.74) is 0. The molecule has 2 N–H and O–H groups in total. The fourth-order valence-corrected chi connectivity index (χ4v) is 1.01. The van der Waals surface area contributed by atoms with Gasteiger partial charge in [-0.15, -0.1) is 0 Å². The van der Waals surface area contributed by atoms with Crippen LogP contribution in [0.4, 0.5) is 13.2 Å². The van der Waals surface area contributed by atoms with E-state index >= 15 is 0 Å². The first-order valence-electron chi connectivity index (χ1n) is 4.79. The van der Waals surface area contributed by atoms with Gasteiger partial charge in [0, 0.05) is 0 Å². The van der Waals surface area contributed by atoms with Crippen molar-refractivity contribution < 1.29 is 32.9 Å². The minimum atomic E-state index is -4.46. The van der Waals surface area contributed by atoms with E-state index in [1.807, 2.05) is 0 Å². The van der Waals surface area contributed by atoms with Gasteiger partial charge in [0.25, 0.3) is 0 Å². The van der Waals surface area contributed by atoms with E-state index < -0.39 is 36.7 Å². The van der Waals surface area contributed by atoms with Crippen molar-refractivity contribution in [1.82, 2.24) is 0 Å². The van der Waals surface area contributed by atoms with Crippen molar-refractivity contribution in [3.05, 3.63) is 0 Å². The summed E-state index contributed by atoms with van der Waals surface area (Å²) in [4.78, 5) is 10.9. The van der Waals surface area contributed by atoms with Crippen LogP contribution >= 0.6 is 0 Å². The Hall–Kier alpha value is -0.820. The highest BCUT2D eigenvalue weighted by Gasteiger charge is 2.39. The number of rotatable bonds is 5. The van der Waals surface area contributed by atoms with Gasteiger partial charge in [0.05, 0.1) is 18.6 Å². The smallest absolute Gasteiger partial charge is 0.391 e. The van der Waals surface area contributed by atoms with Crippen molar-refractivity contribution in [2.45, 2.75) is 38.7 Å². The first-order chi connectivity index (χ1) is 7.20. The molecule has 96 valence electrons. The molecule has 0 rings (SSSR count). The van der Waals surface area contributed by atoms with Crippen molar-refractivity contribution in [1.29, 1.82) is 0 Å². The summed E-state index contributed by atoms with van der Waals surface area (Å²) >= 11 is 0. The van der Waals surface area contributed by atoms with Gasteiger partial charge < -0.3 is 14.9 Å². The summed E-state index contributed by atoms with van der Waals surface area (Å²) in [6.45, 7) is 2.33. The zero-order valence-electron chi connectivity index (χ0n) is 8.99. The van der Waals surface area contributed by atoms with Crippen LogP contribution in [0.1, 0.15) is 20.3 Å². The van der Waals surface area contributed by atoms with Gasteiger partial charge in [-0.25, -0.2) is 4.79 Å². The molecular formula is C9H15F3O4. The molecule has 0 aromatic heterocycles. The highest BCUT2D eigenvalue weighted by atomic mass is 19.4. The number of aliphatic hydroxyl groups excluding tert-OH is 2. The maximum Gasteiger partial charge on any atom is 0.391 e. The van der Waals surface area contributed by atoms with Gasteiger partial charge >= 0.3 is 12.1 Å². The summed E-state index contributed by atoms with van der Waals surface area (Å²) in [5, 5.41) is 18.3. The van der Waals surface area contributed by atoms with Crippen molar-refractivity contribution in [3.8, 4) is 0 Å². The zero-order valence-corrected chi connectivity index (χ0v) is 8.99. The summed E-state index contributed by atoms with van der Waals surface area (Å²) in [6.07, 6.45) is -8.93. The van der Waals surface area contributed by atoms with Crippen molar-refractivity contribution in [3.63, 3.8) is 0 Å². The quantitative estimate of drug-likeness (QED) is 0.704. The highest BCUT2D eigenvalue weighted by Crippen LogP contribution is 2.29. The average molecular weight is 244 g/mol. The number of alkyl halides is 3. The lowest BCUT2D eigenvalue weighted by Crippen LogP contribution is -2.38. The van der Waals surface area contributed by atoms with Crippen LogP contribution in [-0.4, -0.2) is 41.2 Å². The van der Waals surface area contributed by atoms with E-state index in [4.69, 9.17) is 5.11 Å². The fraction of sp³-hybridized carbons (Fsp3) is 0.889. The second-order valence-electron chi connectivity index (χ2n) is 3.44. The third-order valence-electron chi connectivity index (χ3n) is 2.05. The number of esters is 1. The molecule has 0 radical (unpaired) electrons. The molecule has 0 unspecified atom stereocenters. The molecule has 4 nitrogen and oxygen atoms in total. The topological polar surface area (TPSA) is 66.8 Å². The molecule has 0 saturated carbocycles. The molecule has 0 aromatic rings. The first-order valence-corrected chi connectivity index (χ1v) is 4.79. The van der Waals surface area contributed by atoms with Gasteiger partial charge in [-0.2, -0.15) is 13.2 Å². The molecular weight excluding hydrogens is 229 g/mol. The van der Waals surface area contributed by atoms with Gasteiger partial charge in [-0.05, 0) is 13.3 Å². The second-order valence-corrected chi connectivity index (χ2v) is 3.44. The maximum atomic E-state index is 12.1. The van der Waals surface area contributed by atoms with Crippen molar-refractivity contribution in [2.75, 3.05) is 6.61 Å². The summed E-state index contributed by atoms with van der Waals surface area (Å²) in [6, 6.07) is 0. The lowest BCUT2D eigenvalue weighted by atomic mass is 10.00. The van der Waals surface area contributed by atoms with Gasteiger partial charge in [0.2, 0.25) is 0 Å². The number of hydrogen-bond donors (Lipinski definition) is 2. The molecule has 0 spiro atoms. The third-order valence-corrected chi connectivity index (χ3v) is 2.05. The molecule has 0 aliphatic rings. The molecule has 0 aliphatic heterocycles. The van der Waals surface area contributed by atoms with Crippen LogP contribution in [0.25, 0.3) is 0 Å². The zero-order chi connectivity index (χ0) is 12.9. The summed E-state index contributed by atoms with van der Waals surface area (Å²) in [5.74, 6) is -2.92. The van der Waals surface area contributed by atoms with E-state index in [1.165, 1.54) is 6.92 Å². The Morgan fingerprint density at radius 2 is 1.88 bits per heavy atom. The average Bonchev–Trinajstić information content (AvgIpc) is 2.15. The van der Waals surface area contributed by atoms with Gasteiger partial charge in [0.1, 0.15) is 0 Å². The number of carbonyl (C=O) groups is 1. The van der Waals surface area contributed by atoms with E-state index in [1.54, 1.807) is 0 Å². The number of hydrogen-bond acceptors (Lipinski definition) is 4. The van der Waals surface area contributed by atoms with Crippen molar-refractivity contribution >= 4 is 5.97 Å². The molecule has 7 heteroatoms. The molecule has 0 heterocycles. The highest BCUT2D eigenvalue weighted by molar-refractivity contribution is 5.75. The van der Waals surface area contributed by atoms with Gasteiger partial charge in [-0.1, -0.05) is 6.92 Å². The molecule has 0 aromatic carbocycles. The molecule has 0 saturated heterocycles. The van der Waals surface area contributed by atoms with Crippen LogP contribution in [0.5, 0.6) is 0 Å². The van der Waals surface area contributed by atoms with E-state index in [9.17, 15) is 23.1 Å². The molecule has 3 atom stereocenters. The summed E-state index contributed by atoms with van der Waals surface area (Å²) < 4.78 is 40.7. The lowest BCUT2D eigenvalue weighted by Gasteiger charge is -2.21. The number of ether oxygens (including phenoxy) is 1. The largest absolute Gasteiger partial charge is 0.464 e. The fourth-order valence-electron chi connectivity index (χ4n) is 1.01. The van der Waals surface area contributed by atoms with E-state index in [0.717, 1.165) is 6.92 Å². The van der Waals surface area contributed by atoms with Crippen molar-refractivity contribution in [2.24, 2.45) is 5.92 Å². The predicted molar refractivity (Wildman–Crippen MR) is 48.5 cm³/mol. The van der Waals surface area contributed by atoms with E-state index in [0.29, 0.717) is 0 Å². The normalized spacial score (nSPS) is 17.7. The molecule has 0 fully saturated rings. The van der Waals surface area contributed by atoms with Crippen LogP contribution in [-0.2, 0) is 9.53 Å². The van der Waals surface area contributed by atoms with E-state index in [-0.39, 0.29) is 6.61 Å². The number of carbonyl (C=O) groups excluding carboxylic acids is 1. The van der Waals surface area contributed by atoms with Gasteiger partial charge in [-0.3, -0.25) is 0 Å². The van der Waals surface area contributed by atoms with E-state index in [2.05, 4.69) is 4.74 Å². The number of halogens is 3. The van der Waals surface area contributed by atoms with Crippen LogP contribution in [0.15, 0.2) is 0 Å². The molecule has 0 amide bonds. The third kappa shape index (κ3) is 4.80. The van der Waals surface area contributed by atoms with Crippen LogP contribution in [0.3, 0.4) is 0 Å². The van der Waals surface area contributed by atoms with Crippen LogP contribution < -0.4 is 0 Å². The lowest BCUT2D eigenvalue weighted by molar-refractivity contribution is -0.184. The minimum Gasteiger partial charge on any atom is -0.464 e. The monoisotopic (exact) mass is 244 g/mol. The Morgan fingerprint density at radius 1 is 1.38 bits per heavy atom. The van der Waals surface area contributed by atoms with Crippen LogP contribution in [0.2, 0.25) is 0 Å².